The van der Waals surface area contributed by atoms with Gasteiger partial charge >= 0.3 is 0 Å². The van der Waals surface area contributed by atoms with Crippen molar-refractivity contribution in [1.29, 1.82) is 0 Å². The molecule has 1 aromatic heterocycles. The van der Waals surface area contributed by atoms with Crippen molar-refractivity contribution in [3.63, 3.8) is 0 Å². The van der Waals surface area contributed by atoms with Crippen LogP contribution in [0.2, 0.25) is 0 Å². The number of nitrogens with zero attached hydrogens (tertiary/aromatic N) is 1. The maximum Gasteiger partial charge on any atom is 0.231 e. The van der Waals surface area contributed by atoms with E-state index in [0.717, 1.165) is 20.8 Å². The molecule has 4 rings (SSSR count). The van der Waals surface area contributed by atoms with Gasteiger partial charge in [-0.05, 0) is 29.1 Å². The summed E-state index contributed by atoms with van der Waals surface area (Å²) >= 11 is 3.50. The van der Waals surface area contributed by atoms with E-state index >= 15 is 0 Å². The normalized spacial score (nSPS) is 14.3. The van der Waals surface area contributed by atoms with Crippen LogP contribution in [0.1, 0.15) is 17.2 Å². The highest BCUT2D eigenvalue weighted by molar-refractivity contribution is 9.10. The Labute approximate surface area is 135 Å². The first-order valence-electron chi connectivity index (χ1n) is 6.84. The first-order chi connectivity index (χ1) is 10.8. The maximum absolute atomic E-state index is 10.9. The van der Waals surface area contributed by atoms with Crippen molar-refractivity contribution in [3.05, 3.63) is 64.4 Å². The third-order valence-corrected chi connectivity index (χ3v) is 4.50. The van der Waals surface area contributed by atoms with Gasteiger partial charge in [0.15, 0.2) is 11.5 Å². The average Bonchev–Trinajstić information content (AvgIpc) is 3.02. The van der Waals surface area contributed by atoms with Gasteiger partial charge in [0.2, 0.25) is 6.79 Å². The van der Waals surface area contributed by atoms with E-state index in [1.807, 2.05) is 36.4 Å². The van der Waals surface area contributed by atoms with Crippen LogP contribution in [-0.4, -0.2) is 16.9 Å². The molecule has 1 atom stereocenters. The van der Waals surface area contributed by atoms with E-state index in [1.54, 1.807) is 12.4 Å². The van der Waals surface area contributed by atoms with E-state index in [1.165, 1.54) is 0 Å². The van der Waals surface area contributed by atoms with E-state index in [2.05, 4.69) is 20.9 Å². The van der Waals surface area contributed by atoms with Gasteiger partial charge in [0.1, 0.15) is 6.10 Å². The van der Waals surface area contributed by atoms with Crippen molar-refractivity contribution in [2.45, 2.75) is 6.10 Å². The molecule has 0 bridgehead atoms. The number of fused-ring (bicyclic) bond motifs is 2. The number of rotatable bonds is 2. The molecule has 3 aromatic rings. The zero-order valence-corrected chi connectivity index (χ0v) is 13.1. The van der Waals surface area contributed by atoms with Gasteiger partial charge in [-0.3, -0.25) is 4.98 Å². The van der Waals surface area contributed by atoms with E-state index < -0.39 is 6.10 Å². The van der Waals surface area contributed by atoms with E-state index in [0.29, 0.717) is 17.1 Å². The second-order valence-electron chi connectivity index (χ2n) is 5.04. The number of benzene rings is 2. The summed E-state index contributed by atoms with van der Waals surface area (Å²) in [6.45, 7) is 0.172. The standard InChI is InChI=1S/C17H12BrNO3/c18-13-4-5-14-17(22-9-21-14)15(13)16(20)12-3-1-2-10-8-19-7-6-11(10)12/h1-8,16,20H,9H2/t16-/m0/s1. The number of aliphatic hydroxyl groups is 1. The molecule has 1 aliphatic rings. The summed E-state index contributed by atoms with van der Waals surface area (Å²) in [7, 11) is 0. The summed E-state index contributed by atoms with van der Waals surface area (Å²) in [4.78, 5) is 4.13. The van der Waals surface area contributed by atoms with Gasteiger partial charge in [-0.25, -0.2) is 0 Å². The average molecular weight is 358 g/mol. The number of aromatic nitrogens is 1. The number of aliphatic hydroxyl groups excluding tert-OH is 1. The van der Waals surface area contributed by atoms with Crippen LogP contribution < -0.4 is 9.47 Å². The molecular weight excluding hydrogens is 346 g/mol. The quantitative estimate of drug-likeness (QED) is 0.757. The molecule has 0 unspecified atom stereocenters. The molecule has 0 saturated carbocycles. The second-order valence-corrected chi connectivity index (χ2v) is 5.90. The summed E-state index contributed by atoms with van der Waals surface area (Å²) in [6, 6.07) is 11.4. The molecule has 1 N–H and O–H groups in total. The minimum absolute atomic E-state index is 0.172. The predicted octanol–water partition coefficient (Wildman–Crippen LogP) is 3.81. The van der Waals surface area contributed by atoms with Gasteiger partial charge in [0, 0.05) is 27.8 Å². The Morgan fingerprint density at radius 3 is 2.95 bits per heavy atom. The molecule has 0 spiro atoms. The Morgan fingerprint density at radius 1 is 1.14 bits per heavy atom. The Morgan fingerprint density at radius 2 is 2.05 bits per heavy atom. The highest BCUT2D eigenvalue weighted by Gasteiger charge is 2.26. The molecule has 1 aliphatic heterocycles. The molecule has 0 radical (unpaired) electrons. The molecule has 4 nitrogen and oxygen atoms in total. The summed E-state index contributed by atoms with van der Waals surface area (Å²) in [6.07, 6.45) is 2.69. The fourth-order valence-electron chi connectivity index (χ4n) is 2.77. The van der Waals surface area contributed by atoms with E-state index in [-0.39, 0.29) is 6.79 Å². The Bertz CT molecular complexity index is 860. The van der Waals surface area contributed by atoms with Gasteiger partial charge in [0.05, 0.1) is 0 Å². The lowest BCUT2D eigenvalue weighted by atomic mass is 9.96. The second kappa shape index (κ2) is 5.26. The van der Waals surface area contributed by atoms with Gasteiger partial charge in [-0.2, -0.15) is 0 Å². The molecule has 0 aliphatic carbocycles. The molecule has 110 valence electrons. The van der Waals surface area contributed by atoms with Gasteiger partial charge in [-0.1, -0.05) is 34.1 Å². The molecule has 5 heteroatoms. The molecule has 0 saturated heterocycles. The van der Waals surface area contributed by atoms with Gasteiger partial charge in [-0.15, -0.1) is 0 Å². The lowest BCUT2D eigenvalue weighted by Crippen LogP contribution is -2.04. The summed E-state index contributed by atoms with van der Waals surface area (Å²) in [5, 5.41) is 12.9. The van der Waals surface area contributed by atoms with Crippen molar-refractivity contribution < 1.29 is 14.6 Å². The summed E-state index contributed by atoms with van der Waals surface area (Å²) in [5.41, 5.74) is 1.49. The molecule has 0 amide bonds. The molecule has 2 heterocycles. The minimum Gasteiger partial charge on any atom is -0.454 e. The smallest absolute Gasteiger partial charge is 0.231 e. The third kappa shape index (κ3) is 2.05. The number of hydrogen-bond acceptors (Lipinski definition) is 4. The molecule has 0 fully saturated rings. The van der Waals surface area contributed by atoms with Crippen LogP contribution in [0.3, 0.4) is 0 Å². The summed E-state index contributed by atoms with van der Waals surface area (Å²) in [5.74, 6) is 1.24. The lowest BCUT2D eigenvalue weighted by molar-refractivity contribution is 0.167. The largest absolute Gasteiger partial charge is 0.454 e. The van der Waals surface area contributed by atoms with Crippen LogP contribution in [0.25, 0.3) is 10.8 Å². The van der Waals surface area contributed by atoms with Crippen LogP contribution in [0.5, 0.6) is 11.5 Å². The summed E-state index contributed by atoms with van der Waals surface area (Å²) < 4.78 is 11.7. The first-order valence-corrected chi connectivity index (χ1v) is 7.63. The van der Waals surface area contributed by atoms with Gasteiger partial charge in [0.25, 0.3) is 0 Å². The molecule has 2 aromatic carbocycles. The minimum atomic E-state index is -0.822. The van der Waals surface area contributed by atoms with Crippen LogP contribution >= 0.6 is 15.9 Å². The monoisotopic (exact) mass is 357 g/mol. The van der Waals surface area contributed by atoms with Crippen molar-refractivity contribution in [2.24, 2.45) is 0 Å². The van der Waals surface area contributed by atoms with Crippen molar-refractivity contribution >= 4 is 26.7 Å². The van der Waals surface area contributed by atoms with Crippen LogP contribution in [0.15, 0.2) is 53.3 Å². The Balaban J connectivity index is 1.92. The third-order valence-electron chi connectivity index (χ3n) is 3.81. The number of halogens is 1. The van der Waals surface area contributed by atoms with E-state index in [9.17, 15) is 5.11 Å². The predicted molar refractivity (Wildman–Crippen MR) is 86.1 cm³/mol. The molecule has 22 heavy (non-hydrogen) atoms. The van der Waals surface area contributed by atoms with Crippen LogP contribution in [0, 0.1) is 0 Å². The number of ether oxygens (including phenoxy) is 2. The maximum atomic E-state index is 10.9. The lowest BCUT2D eigenvalue weighted by Gasteiger charge is -2.17. The Hall–Kier alpha value is -2.11. The zero-order valence-electron chi connectivity index (χ0n) is 11.5. The van der Waals surface area contributed by atoms with Crippen molar-refractivity contribution in [3.8, 4) is 11.5 Å². The van der Waals surface area contributed by atoms with E-state index in [4.69, 9.17) is 9.47 Å². The van der Waals surface area contributed by atoms with Crippen LogP contribution in [0.4, 0.5) is 0 Å². The highest BCUT2D eigenvalue weighted by atomic mass is 79.9. The van der Waals surface area contributed by atoms with Crippen molar-refractivity contribution in [2.75, 3.05) is 6.79 Å². The topological polar surface area (TPSA) is 51.6 Å². The fourth-order valence-corrected chi connectivity index (χ4v) is 3.30. The molecular formula is C17H12BrNO3. The first kappa shape index (κ1) is 13.5. The van der Waals surface area contributed by atoms with Crippen molar-refractivity contribution in [1.82, 2.24) is 4.98 Å². The van der Waals surface area contributed by atoms with Gasteiger partial charge < -0.3 is 14.6 Å². The van der Waals surface area contributed by atoms with Crippen LogP contribution in [-0.2, 0) is 0 Å². The Kier molecular flexibility index (Phi) is 3.24. The SMILES string of the molecule is O[C@H](c1c(Br)ccc2c1OCO2)c1cccc2cnccc12. The highest BCUT2D eigenvalue weighted by Crippen LogP contribution is 2.45. The number of pyridine rings is 1. The zero-order chi connectivity index (χ0) is 15.1. The fraction of sp³-hybridized carbons (Fsp3) is 0.118. The number of hydrogen-bond donors (Lipinski definition) is 1.